The summed E-state index contributed by atoms with van der Waals surface area (Å²) in [6.07, 6.45) is 8.66. The van der Waals surface area contributed by atoms with Gasteiger partial charge in [0.05, 0.1) is 11.4 Å². The molecule has 1 amide bonds. The largest absolute Gasteiger partial charge is 0.352 e. The van der Waals surface area contributed by atoms with Gasteiger partial charge < -0.3 is 5.32 Å². The first-order valence-corrected chi connectivity index (χ1v) is 11.0. The monoisotopic (exact) mass is 382 g/mol. The second kappa shape index (κ2) is 8.48. The fraction of sp³-hybridized carbons (Fsp3) is 0.632. The molecule has 0 unspecified atom stereocenters. The molecule has 1 aromatic rings. The van der Waals surface area contributed by atoms with Crippen LogP contribution < -0.4 is 5.32 Å². The van der Waals surface area contributed by atoms with Gasteiger partial charge >= 0.3 is 0 Å². The molecule has 5 nitrogen and oxygen atoms in total. The highest BCUT2D eigenvalue weighted by atomic mass is 32.2. The Labute approximate surface area is 155 Å². The summed E-state index contributed by atoms with van der Waals surface area (Å²) in [6.45, 7) is -0.166. The van der Waals surface area contributed by atoms with Crippen LogP contribution in [0.2, 0.25) is 0 Å². The molecule has 0 heterocycles. The van der Waals surface area contributed by atoms with Crippen molar-refractivity contribution in [3.8, 4) is 0 Å². The summed E-state index contributed by atoms with van der Waals surface area (Å²) in [4.78, 5) is 12.5. The quantitative estimate of drug-likeness (QED) is 0.822. The lowest BCUT2D eigenvalue weighted by Gasteiger charge is -2.33. The van der Waals surface area contributed by atoms with Gasteiger partial charge in [0, 0.05) is 12.1 Å². The van der Waals surface area contributed by atoms with Crippen LogP contribution in [0.15, 0.2) is 29.2 Å². The van der Waals surface area contributed by atoms with Crippen molar-refractivity contribution in [2.75, 3.05) is 6.54 Å². The Morgan fingerprint density at radius 2 is 1.58 bits per heavy atom. The maximum atomic E-state index is 13.2. The van der Waals surface area contributed by atoms with E-state index in [-0.39, 0.29) is 29.4 Å². The first-order chi connectivity index (χ1) is 12.5. The lowest BCUT2D eigenvalue weighted by atomic mass is 9.95. The summed E-state index contributed by atoms with van der Waals surface area (Å²) < 4.78 is 40.8. The predicted octanol–water partition coefficient (Wildman–Crippen LogP) is 3.21. The van der Waals surface area contributed by atoms with Crippen molar-refractivity contribution in [2.45, 2.75) is 74.8 Å². The summed E-state index contributed by atoms with van der Waals surface area (Å²) in [7, 11) is -3.84. The number of carbonyl (C=O) groups is 1. The maximum Gasteiger partial charge on any atom is 0.243 e. The maximum absolute atomic E-state index is 13.2. The molecule has 26 heavy (non-hydrogen) atoms. The summed E-state index contributed by atoms with van der Waals surface area (Å²) in [5.41, 5.74) is 0. The standard InChI is InChI=1S/C19H27FN2O3S/c20-15-10-12-18(13-11-15)26(24,25)22(17-8-2-1-3-9-17)14-19(23)21-16-6-4-5-7-16/h10-13,16-17H,1-9,14H2,(H,21,23). The molecular weight excluding hydrogens is 355 g/mol. The second-order valence-electron chi connectivity index (χ2n) is 7.34. The van der Waals surface area contributed by atoms with E-state index in [9.17, 15) is 17.6 Å². The average molecular weight is 383 g/mol. The molecule has 0 aromatic heterocycles. The van der Waals surface area contributed by atoms with Crippen LogP contribution in [0.3, 0.4) is 0 Å². The number of hydrogen-bond donors (Lipinski definition) is 1. The molecule has 7 heteroatoms. The van der Waals surface area contributed by atoms with Gasteiger partial charge in [0.2, 0.25) is 15.9 Å². The molecule has 1 N–H and O–H groups in total. The van der Waals surface area contributed by atoms with Crippen LogP contribution in [0.25, 0.3) is 0 Å². The van der Waals surface area contributed by atoms with Gasteiger partial charge in [-0.15, -0.1) is 0 Å². The zero-order valence-electron chi connectivity index (χ0n) is 15.0. The molecule has 0 saturated heterocycles. The Morgan fingerprint density at radius 3 is 2.19 bits per heavy atom. The molecule has 0 aliphatic heterocycles. The number of sulfonamides is 1. The molecule has 2 saturated carbocycles. The van der Waals surface area contributed by atoms with Crippen molar-refractivity contribution in [1.29, 1.82) is 0 Å². The van der Waals surface area contributed by atoms with Gasteiger partial charge in [-0.1, -0.05) is 32.1 Å². The highest BCUT2D eigenvalue weighted by molar-refractivity contribution is 7.89. The lowest BCUT2D eigenvalue weighted by Crippen LogP contribution is -2.48. The van der Waals surface area contributed by atoms with Crippen molar-refractivity contribution in [3.63, 3.8) is 0 Å². The lowest BCUT2D eigenvalue weighted by molar-refractivity contribution is -0.122. The highest BCUT2D eigenvalue weighted by Gasteiger charge is 2.34. The Balaban J connectivity index is 1.79. The third kappa shape index (κ3) is 4.62. The molecule has 2 aliphatic carbocycles. The minimum atomic E-state index is -3.84. The highest BCUT2D eigenvalue weighted by Crippen LogP contribution is 2.28. The minimum absolute atomic E-state index is 0.0399. The second-order valence-corrected chi connectivity index (χ2v) is 9.24. The number of amides is 1. The van der Waals surface area contributed by atoms with E-state index in [2.05, 4.69) is 5.32 Å². The minimum Gasteiger partial charge on any atom is -0.352 e. The Hall–Kier alpha value is -1.47. The van der Waals surface area contributed by atoms with Crippen LogP contribution in [0, 0.1) is 5.82 Å². The summed E-state index contributed by atoms with van der Waals surface area (Å²) in [6, 6.07) is 4.82. The average Bonchev–Trinajstić information content (AvgIpc) is 3.13. The summed E-state index contributed by atoms with van der Waals surface area (Å²) >= 11 is 0. The van der Waals surface area contributed by atoms with Crippen LogP contribution in [0.1, 0.15) is 57.8 Å². The van der Waals surface area contributed by atoms with E-state index < -0.39 is 15.8 Å². The van der Waals surface area contributed by atoms with Crippen LogP contribution in [0.4, 0.5) is 4.39 Å². The molecule has 3 rings (SSSR count). The SMILES string of the molecule is O=C(CN(C1CCCCC1)S(=O)(=O)c1ccc(F)cc1)NC1CCCC1. The van der Waals surface area contributed by atoms with E-state index >= 15 is 0 Å². The molecule has 0 bridgehead atoms. The van der Waals surface area contributed by atoms with Crippen LogP contribution in [-0.4, -0.2) is 37.3 Å². The third-order valence-corrected chi connectivity index (χ3v) is 7.33. The van der Waals surface area contributed by atoms with E-state index in [4.69, 9.17) is 0 Å². The number of benzene rings is 1. The van der Waals surface area contributed by atoms with Crippen LogP contribution in [0.5, 0.6) is 0 Å². The van der Waals surface area contributed by atoms with E-state index in [1.54, 1.807) is 0 Å². The number of rotatable bonds is 6. The van der Waals surface area contributed by atoms with Crippen molar-refractivity contribution in [2.24, 2.45) is 0 Å². The normalized spacial score (nSPS) is 19.8. The first-order valence-electron chi connectivity index (χ1n) is 9.53. The van der Waals surface area contributed by atoms with Gasteiger partial charge in [0.15, 0.2) is 0 Å². The van der Waals surface area contributed by atoms with Gasteiger partial charge in [-0.3, -0.25) is 4.79 Å². The zero-order chi connectivity index (χ0) is 18.6. The van der Waals surface area contributed by atoms with Gasteiger partial charge in [0.1, 0.15) is 5.82 Å². The number of carbonyl (C=O) groups excluding carboxylic acids is 1. The molecule has 1 aromatic carbocycles. The van der Waals surface area contributed by atoms with Gasteiger partial charge in [0.25, 0.3) is 0 Å². The van der Waals surface area contributed by atoms with E-state index in [0.717, 1.165) is 69.9 Å². The van der Waals surface area contributed by atoms with Gasteiger partial charge in [-0.2, -0.15) is 4.31 Å². The fourth-order valence-corrected chi connectivity index (χ4v) is 5.65. The smallest absolute Gasteiger partial charge is 0.243 e. The van der Waals surface area contributed by atoms with Crippen molar-refractivity contribution in [3.05, 3.63) is 30.1 Å². The van der Waals surface area contributed by atoms with Crippen LogP contribution >= 0.6 is 0 Å². The molecular formula is C19H27FN2O3S. The summed E-state index contributed by atoms with van der Waals surface area (Å²) in [5, 5.41) is 2.98. The third-order valence-electron chi connectivity index (χ3n) is 5.42. The number of nitrogens with zero attached hydrogens (tertiary/aromatic N) is 1. The Morgan fingerprint density at radius 1 is 1.00 bits per heavy atom. The van der Waals surface area contributed by atoms with Crippen molar-refractivity contribution < 1.29 is 17.6 Å². The molecule has 2 aliphatic rings. The number of nitrogens with one attached hydrogen (secondary N) is 1. The zero-order valence-corrected chi connectivity index (χ0v) is 15.8. The molecule has 2 fully saturated rings. The predicted molar refractivity (Wildman–Crippen MR) is 97.6 cm³/mol. The molecule has 144 valence electrons. The first kappa shape index (κ1) is 19.3. The topological polar surface area (TPSA) is 66.5 Å². The van der Waals surface area contributed by atoms with E-state index in [1.165, 1.54) is 16.4 Å². The van der Waals surface area contributed by atoms with Gasteiger partial charge in [-0.05, 0) is 49.9 Å². The van der Waals surface area contributed by atoms with Crippen molar-refractivity contribution >= 4 is 15.9 Å². The number of halogens is 1. The summed E-state index contributed by atoms with van der Waals surface area (Å²) in [5.74, 6) is -0.722. The van der Waals surface area contributed by atoms with Gasteiger partial charge in [-0.25, -0.2) is 12.8 Å². The molecule has 0 radical (unpaired) electrons. The Kier molecular flexibility index (Phi) is 6.29. The fourth-order valence-electron chi connectivity index (χ4n) is 4.01. The number of hydrogen-bond acceptors (Lipinski definition) is 3. The molecule has 0 atom stereocenters. The Bertz CT molecular complexity index is 709. The van der Waals surface area contributed by atoms with E-state index in [0.29, 0.717) is 0 Å². The van der Waals surface area contributed by atoms with Crippen molar-refractivity contribution in [1.82, 2.24) is 9.62 Å². The van der Waals surface area contributed by atoms with Crippen LogP contribution in [-0.2, 0) is 14.8 Å². The molecule has 0 spiro atoms. The van der Waals surface area contributed by atoms with E-state index in [1.807, 2.05) is 0 Å².